The second kappa shape index (κ2) is 6.36. The third-order valence-electron chi connectivity index (χ3n) is 3.39. The van der Waals surface area contributed by atoms with Crippen LogP contribution in [0.5, 0.6) is 11.5 Å². The number of amides is 1. The Labute approximate surface area is 132 Å². The molecule has 0 unspecified atom stereocenters. The molecule has 8 nitrogen and oxygen atoms in total. The van der Waals surface area contributed by atoms with Crippen molar-refractivity contribution in [3.8, 4) is 17.6 Å². The standard InChI is InChI=1S/C15H15N5O3/c1-19(15(21)9-20-10-17-14(7-16)18-20)8-11-2-3-12-13(6-11)23-5-4-22-12/h2-3,6,10H,4-5,8-9H2,1H3. The lowest BCUT2D eigenvalue weighted by Gasteiger charge is -2.21. The summed E-state index contributed by atoms with van der Waals surface area (Å²) in [6.07, 6.45) is 1.37. The molecule has 8 heteroatoms. The predicted octanol–water partition coefficient (Wildman–Crippen LogP) is 0.580. The first-order valence-electron chi connectivity index (χ1n) is 7.08. The van der Waals surface area contributed by atoms with Crippen LogP contribution in [-0.2, 0) is 17.9 Å². The summed E-state index contributed by atoms with van der Waals surface area (Å²) in [6.45, 7) is 1.55. The van der Waals surface area contributed by atoms with Gasteiger partial charge in [0.1, 0.15) is 32.2 Å². The van der Waals surface area contributed by atoms with E-state index in [1.807, 2.05) is 24.3 Å². The molecule has 1 aromatic heterocycles. The van der Waals surface area contributed by atoms with Crippen molar-refractivity contribution in [3.05, 3.63) is 35.9 Å². The molecule has 1 amide bonds. The first-order chi connectivity index (χ1) is 11.2. The average Bonchev–Trinajstić information content (AvgIpc) is 3.02. The molecule has 0 spiro atoms. The summed E-state index contributed by atoms with van der Waals surface area (Å²) in [5.74, 6) is 1.34. The number of ether oxygens (including phenoxy) is 2. The number of rotatable bonds is 4. The van der Waals surface area contributed by atoms with Crippen molar-refractivity contribution in [3.63, 3.8) is 0 Å². The Bertz CT molecular complexity index is 765. The van der Waals surface area contributed by atoms with Crippen LogP contribution in [-0.4, -0.2) is 45.8 Å². The van der Waals surface area contributed by atoms with Crippen LogP contribution in [0.2, 0.25) is 0 Å². The van der Waals surface area contributed by atoms with Crippen LogP contribution in [0.4, 0.5) is 0 Å². The Morgan fingerprint density at radius 1 is 1.39 bits per heavy atom. The van der Waals surface area contributed by atoms with Gasteiger partial charge in [-0.25, -0.2) is 9.67 Å². The minimum Gasteiger partial charge on any atom is -0.486 e. The highest BCUT2D eigenvalue weighted by atomic mass is 16.6. The van der Waals surface area contributed by atoms with E-state index >= 15 is 0 Å². The predicted molar refractivity (Wildman–Crippen MR) is 78.6 cm³/mol. The zero-order valence-corrected chi connectivity index (χ0v) is 12.6. The van der Waals surface area contributed by atoms with Gasteiger partial charge in [-0.15, -0.1) is 5.10 Å². The number of carbonyl (C=O) groups is 1. The van der Waals surface area contributed by atoms with E-state index in [4.69, 9.17) is 14.7 Å². The maximum absolute atomic E-state index is 12.2. The van der Waals surface area contributed by atoms with Crippen molar-refractivity contribution in [1.82, 2.24) is 19.7 Å². The lowest BCUT2D eigenvalue weighted by atomic mass is 10.2. The van der Waals surface area contributed by atoms with Gasteiger partial charge in [0.05, 0.1) is 0 Å². The summed E-state index contributed by atoms with van der Waals surface area (Å²) in [7, 11) is 1.71. The van der Waals surface area contributed by atoms with Gasteiger partial charge in [-0.2, -0.15) is 5.26 Å². The number of likely N-dealkylation sites (N-methyl/N-ethyl adjacent to an activating group) is 1. The molecule has 0 radical (unpaired) electrons. The highest BCUT2D eigenvalue weighted by Gasteiger charge is 2.15. The molecule has 3 rings (SSSR count). The van der Waals surface area contributed by atoms with E-state index in [1.54, 1.807) is 11.9 Å². The third kappa shape index (κ3) is 3.40. The molecular formula is C15H15N5O3. The van der Waals surface area contributed by atoms with E-state index < -0.39 is 0 Å². The summed E-state index contributed by atoms with van der Waals surface area (Å²) < 4.78 is 12.4. The van der Waals surface area contributed by atoms with E-state index in [2.05, 4.69) is 10.1 Å². The summed E-state index contributed by atoms with van der Waals surface area (Å²) in [5.41, 5.74) is 0.946. The molecule has 1 aliphatic heterocycles. The first-order valence-corrected chi connectivity index (χ1v) is 7.08. The number of benzene rings is 1. The van der Waals surface area contributed by atoms with E-state index in [-0.39, 0.29) is 18.3 Å². The molecule has 0 aliphatic carbocycles. The minimum absolute atomic E-state index is 0.0374. The van der Waals surface area contributed by atoms with E-state index in [9.17, 15) is 4.79 Å². The average molecular weight is 313 g/mol. The van der Waals surface area contributed by atoms with Gasteiger partial charge in [-0.1, -0.05) is 6.07 Å². The van der Waals surface area contributed by atoms with Crippen LogP contribution in [0.15, 0.2) is 24.5 Å². The first kappa shape index (κ1) is 14.8. The Morgan fingerprint density at radius 2 is 2.17 bits per heavy atom. The minimum atomic E-state index is -0.130. The largest absolute Gasteiger partial charge is 0.486 e. The van der Waals surface area contributed by atoms with Gasteiger partial charge >= 0.3 is 0 Å². The van der Waals surface area contributed by atoms with Crippen LogP contribution < -0.4 is 9.47 Å². The second-order valence-electron chi connectivity index (χ2n) is 5.11. The monoisotopic (exact) mass is 313 g/mol. The number of carbonyl (C=O) groups excluding carboxylic acids is 1. The van der Waals surface area contributed by atoms with Crippen LogP contribution in [0.3, 0.4) is 0 Å². The molecule has 0 bridgehead atoms. The van der Waals surface area contributed by atoms with Crippen LogP contribution in [0.25, 0.3) is 0 Å². The van der Waals surface area contributed by atoms with Gasteiger partial charge in [-0.3, -0.25) is 4.79 Å². The molecule has 23 heavy (non-hydrogen) atoms. The fraction of sp³-hybridized carbons (Fsp3) is 0.333. The smallest absolute Gasteiger partial charge is 0.252 e. The summed E-state index contributed by atoms with van der Waals surface area (Å²) in [4.78, 5) is 17.6. The number of aromatic nitrogens is 3. The summed E-state index contributed by atoms with van der Waals surface area (Å²) >= 11 is 0. The zero-order valence-electron chi connectivity index (χ0n) is 12.6. The number of fused-ring (bicyclic) bond motifs is 1. The van der Waals surface area contributed by atoms with E-state index in [0.29, 0.717) is 25.5 Å². The van der Waals surface area contributed by atoms with Crippen LogP contribution >= 0.6 is 0 Å². The van der Waals surface area contributed by atoms with E-state index in [1.165, 1.54) is 11.0 Å². The van der Waals surface area contributed by atoms with Crippen LogP contribution in [0, 0.1) is 11.3 Å². The third-order valence-corrected chi connectivity index (χ3v) is 3.39. The highest BCUT2D eigenvalue weighted by molar-refractivity contribution is 5.75. The van der Waals surface area contributed by atoms with E-state index in [0.717, 1.165) is 11.3 Å². The lowest BCUT2D eigenvalue weighted by molar-refractivity contribution is -0.131. The fourth-order valence-electron chi connectivity index (χ4n) is 2.23. The molecule has 118 valence electrons. The van der Waals surface area contributed by atoms with Crippen molar-refractivity contribution in [2.24, 2.45) is 0 Å². The van der Waals surface area contributed by atoms with Crippen molar-refractivity contribution in [2.45, 2.75) is 13.1 Å². The molecule has 1 aromatic carbocycles. The van der Waals surface area contributed by atoms with Crippen molar-refractivity contribution in [1.29, 1.82) is 5.26 Å². The molecule has 2 aromatic rings. The maximum atomic E-state index is 12.2. The van der Waals surface area contributed by atoms with Gasteiger partial charge < -0.3 is 14.4 Å². The molecule has 1 aliphatic rings. The van der Waals surface area contributed by atoms with Gasteiger partial charge in [0.15, 0.2) is 11.5 Å². The van der Waals surface area contributed by atoms with Crippen molar-refractivity contribution in [2.75, 3.05) is 20.3 Å². The molecule has 0 fully saturated rings. The Hall–Kier alpha value is -3.08. The topological polar surface area (TPSA) is 93.3 Å². The number of nitriles is 1. The highest BCUT2D eigenvalue weighted by Crippen LogP contribution is 2.31. The SMILES string of the molecule is CN(Cc1ccc2c(c1)OCCO2)C(=O)Cn1cnc(C#N)n1. The molecular weight excluding hydrogens is 298 g/mol. The number of hydrogen-bond donors (Lipinski definition) is 0. The quantitative estimate of drug-likeness (QED) is 0.819. The summed E-state index contributed by atoms with van der Waals surface area (Å²) in [6, 6.07) is 7.45. The van der Waals surface area contributed by atoms with Gasteiger partial charge in [0.25, 0.3) is 5.82 Å². The fourth-order valence-corrected chi connectivity index (χ4v) is 2.23. The molecule has 0 atom stereocenters. The normalized spacial score (nSPS) is 12.5. The summed E-state index contributed by atoms with van der Waals surface area (Å²) in [5, 5.41) is 12.6. The lowest BCUT2D eigenvalue weighted by Crippen LogP contribution is -2.30. The van der Waals surface area contributed by atoms with Gasteiger partial charge in [-0.05, 0) is 17.7 Å². The second-order valence-corrected chi connectivity index (χ2v) is 5.11. The Balaban J connectivity index is 1.63. The molecule has 0 saturated carbocycles. The van der Waals surface area contributed by atoms with Gasteiger partial charge in [0.2, 0.25) is 5.91 Å². The van der Waals surface area contributed by atoms with Gasteiger partial charge in [0, 0.05) is 13.6 Å². The molecule has 0 N–H and O–H groups in total. The number of hydrogen-bond acceptors (Lipinski definition) is 6. The zero-order chi connectivity index (χ0) is 16.2. The Kier molecular flexibility index (Phi) is 4.10. The van der Waals surface area contributed by atoms with Crippen molar-refractivity contribution < 1.29 is 14.3 Å². The molecule has 0 saturated heterocycles. The maximum Gasteiger partial charge on any atom is 0.252 e. The van der Waals surface area contributed by atoms with Crippen molar-refractivity contribution >= 4 is 5.91 Å². The Morgan fingerprint density at radius 3 is 2.91 bits per heavy atom. The number of nitrogens with zero attached hydrogens (tertiary/aromatic N) is 5. The van der Waals surface area contributed by atoms with Crippen LogP contribution in [0.1, 0.15) is 11.4 Å². The molecule has 2 heterocycles.